The molecule has 152 valence electrons. The second-order valence-corrected chi connectivity index (χ2v) is 5.72. The molecule has 0 saturated carbocycles. The Morgan fingerprint density at radius 3 is 2.24 bits per heavy atom. The van der Waals surface area contributed by atoms with E-state index in [-0.39, 0.29) is 18.2 Å². The molecular formula is C21H24N4O4. The number of benzene rings is 2. The molecule has 8 heteroatoms. The van der Waals surface area contributed by atoms with E-state index in [0.29, 0.717) is 17.0 Å². The number of allylic oxidation sites excluding steroid dienone is 1. The zero-order valence-electron chi connectivity index (χ0n) is 16.6. The highest BCUT2D eigenvalue weighted by atomic mass is 16.6. The van der Waals surface area contributed by atoms with E-state index in [1.54, 1.807) is 12.1 Å². The molecule has 0 aromatic heterocycles. The Morgan fingerprint density at radius 2 is 1.59 bits per heavy atom. The quantitative estimate of drug-likeness (QED) is 0.475. The van der Waals surface area contributed by atoms with E-state index in [9.17, 15) is 4.79 Å². The molecule has 0 radical (unpaired) electrons. The first kappa shape index (κ1) is 21.6. The van der Waals surface area contributed by atoms with Crippen molar-refractivity contribution in [3.63, 3.8) is 0 Å². The number of carbonyl (C=O) groups is 1. The maximum absolute atomic E-state index is 12.1. The van der Waals surface area contributed by atoms with Crippen LogP contribution in [0.1, 0.15) is 16.7 Å². The van der Waals surface area contributed by atoms with Crippen molar-refractivity contribution in [2.75, 3.05) is 21.3 Å². The lowest BCUT2D eigenvalue weighted by molar-refractivity contribution is -0.114. The van der Waals surface area contributed by atoms with Crippen LogP contribution < -0.4 is 10.8 Å². The molecule has 8 nitrogen and oxygen atoms in total. The van der Waals surface area contributed by atoms with E-state index in [4.69, 9.17) is 14.5 Å². The molecule has 1 amide bonds. The topological polar surface area (TPSA) is 93.5 Å². The normalized spacial score (nSPS) is 11.6. The minimum atomic E-state index is -0.365. The van der Waals surface area contributed by atoms with Crippen LogP contribution in [0.15, 0.2) is 77.2 Å². The van der Waals surface area contributed by atoms with Crippen molar-refractivity contribution in [3.8, 4) is 0 Å². The number of oxime groups is 2. The van der Waals surface area contributed by atoms with Crippen LogP contribution in [0.4, 0.5) is 0 Å². The average molecular weight is 396 g/mol. The predicted octanol–water partition coefficient (Wildman–Crippen LogP) is 2.37. The van der Waals surface area contributed by atoms with E-state index in [0.717, 1.165) is 11.1 Å². The van der Waals surface area contributed by atoms with Gasteiger partial charge in [0.1, 0.15) is 26.5 Å². The first-order valence-electron chi connectivity index (χ1n) is 8.77. The molecule has 0 heterocycles. The van der Waals surface area contributed by atoms with Gasteiger partial charge in [-0.15, -0.1) is 0 Å². The Morgan fingerprint density at radius 1 is 0.966 bits per heavy atom. The number of rotatable bonds is 10. The lowest BCUT2D eigenvalue weighted by atomic mass is 10.0. The van der Waals surface area contributed by atoms with Crippen molar-refractivity contribution < 1.29 is 19.3 Å². The number of amides is 1. The molecule has 0 aliphatic heterocycles. The van der Waals surface area contributed by atoms with Gasteiger partial charge >= 0.3 is 0 Å². The fourth-order valence-electron chi connectivity index (χ4n) is 2.52. The molecule has 0 unspecified atom stereocenters. The van der Waals surface area contributed by atoms with Crippen molar-refractivity contribution in [3.05, 3.63) is 83.6 Å². The summed E-state index contributed by atoms with van der Waals surface area (Å²) in [5.41, 5.74) is 6.01. The highest BCUT2D eigenvalue weighted by Gasteiger charge is 2.17. The molecule has 0 fully saturated rings. The van der Waals surface area contributed by atoms with E-state index in [2.05, 4.69) is 27.7 Å². The molecule has 2 rings (SSSR count). The Kier molecular flexibility index (Phi) is 8.40. The van der Waals surface area contributed by atoms with Gasteiger partial charge in [-0.25, -0.2) is 0 Å². The Labute approximate surface area is 169 Å². The van der Waals surface area contributed by atoms with Gasteiger partial charge in [-0.3, -0.25) is 15.1 Å². The highest BCUT2D eigenvalue weighted by molar-refractivity contribution is 6.45. The van der Waals surface area contributed by atoms with Gasteiger partial charge in [-0.2, -0.15) is 0 Å². The predicted molar refractivity (Wildman–Crippen MR) is 111 cm³/mol. The zero-order chi connectivity index (χ0) is 21.1. The van der Waals surface area contributed by atoms with E-state index in [1.165, 1.54) is 21.3 Å². The molecule has 0 aliphatic carbocycles. The van der Waals surface area contributed by atoms with Crippen LogP contribution in [-0.2, 0) is 25.9 Å². The van der Waals surface area contributed by atoms with E-state index in [1.807, 2.05) is 42.5 Å². The lowest BCUT2D eigenvalue weighted by Gasteiger charge is -2.14. The molecule has 0 spiro atoms. The maximum Gasteiger partial charge on any atom is 0.273 e. The van der Waals surface area contributed by atoms with Crippen LogP contribution >= 0.6 is 0 Å². The molecule has 0 bridgehead atoms. The summed E-state index contributed by atoms with van der Waals surface area (Å²) < 4.78 is 0. The molecule has 2 aromatic carbocycles. The summed E-state index contributed by atoms with van der Waals surface area (Å²) in [7, 11) is 4.37. The van der Waals surface area contributed by atoms with Crippen LogP contribution in [0.25, 0.3) is 0 Å². The largest absolute Gasteiger partial charge is 0.399 e. The SMILES string of the molecule is C=C(NOCc1ccccc1C(=NOC)C(=O)NC)C(=NOC)c1ccccc1. The third-order valence-corrected chi connectivity index (χ3v) is 3.84. The maximum atomic E-state index is 12.1. The van der Waals surface area contributed by atoms with Gasteiger partial charge < -0.3 is 15.0 Å². The van der Waals surface area contributed by atoms with Gasteiger partial charge in [0.25, 0.3) is 5.91 Å². The Hall–Kier alpha value is -3.65. The second kappa shape index (κ2) is 11.3. The standard InChI is InChI=1S/C21H24N4O4/c1-15(19(24-27-3)16-10-6-5-7-11-16)23-29-14-17-12-8-9-13-18(17)20(25-28-4)21(26)22-2/h5-13,23H,1,14H2,2-4H3,(H,22,26). The molecule has 2 aromatic rings. The third-order valence-electron chi connectivity index (χ3n) is 3.84. The summed E-state index contributed by atoms with van der Waals surface area (Å²) in [6.45, 7) is 4.10. The molecule has 0 atom stereocenters. The first-order valence-corrected chi connectivity index (χ1v) is 8.77. The number of hydroxylamine groups is 1. The molecule has 2 N–H and O–H groups in total. The number of hydrogen-bond donors (Lipinski definition) is 2. The van der Waals surface area contributed by atoms with E-state index < -0.39 is 0 Å². The van der Waals surface area contributed by atoms with Gasteiger partial charge in [0.2, 0.25) is 0 Å². The molecule has 0 aliphatic rings. The van der Waals surface area contributed by atoms with Crippen LogP contribution in [0.3, 0.4) is 0 Å². The van der Waals surface area contributed by atoms with Gasteiger partial charge in [0.05, 0.1) is 5.70 Å². The zero-order valence-corrected chi connectivity index (χ0v) is 16.6. The summed E-state index contributed by atoms with van der Waals surface area (Å²) in [4.78, 5) is 27.5. The first-order chi connectivity index (χ1) is 14.1. The van der Waals surface area contributed by atoms with Crippen LogP contribution in [-0.4, -0.2) is 38.6 Å². The summed E-state index contributed by atoms with van der Waals surface area (Å²) in [6, 6.07) is 16.7. The second-order valence-electron chi connectivity index (χ2n) is 5.72. The van der Waals surface area contributed by atoms with Crippen molar-refractivity contribution >= 4 is 17.3 Å². The number of carbonyl (C=O) groups excluding carboxylic acids is 1. The highest BCUT2D eigenvalue weighted by Crippen LogP contribution is 2.13. The summed E-state index contributed by atoms with van der Waals surface area (Å²) in [6.07, 6.45) is 0. The van der Waals surface area contributed by atoms with Gasteiger partial charge in [0.15, 0.2) is 5.71 Å². The van der Waals surface area contributed by atoms with Gasteiger partial charge in [-0.1, -0.05) is 71.5 Å². The molecule has 29 heavy (non-hydrogen) atoms. The molecule has 0 saturated heterocycles. The third kappa shape index (κ3) is 5.91. The lowest BCUT2D eigenvalue weighted by Crippen LogP contribution is -2.29. The monoisotopic (exact) mass is 396 g/mol. The minimum absolute atomic E-state index is 0.143. The minimum Gasteiger partial charge on any atom is -0.399 e. The van der Waals surface area contributed by atoms with Crippen molar-refractivity contribution in [1.82, 2.24) is 10.8 Å². The van der Waals surface area contributed by atoms with Gasteiger partial charge in [-0.05, 0) is 5.56 Å². The van der Waals surface area contributed by atoms with Crippen LogP contribution in [0, 0.1) is 0 Å². The van der Waals surface area contributed by atoms with Crippen molar-refractivity contribution in [1.29, 1.82) is 0 Å². The Bertz CT molecular complexity index is 895. The smallest absolute Gasteiger partial charge is 0.273 e. The number of likely N-dealkylation sites (N-methyl/N-ethyl adjacent to an activating group) is 1. The Balaban J connectivity index is 2.13. The van der Waals surface area contributed by atoms with Gasteiger partial charge in [0, 0.05) is 18.2 Å². The van der Waals surface area contributed by atoms with Crippen molar-refractivity contribution in [2.45, 2.75) is 6.61 Å². The fraction of sp³-hybridized carbons (Fsp3) is 0.190. The average Bonchev–Trinajstić information content (AvgIpc) is 2.76. The number of nitrogens with one attached hydrogen (secondary N) is 2. The summed E-state index contributed by atoms with van der Waals surface area (Å²) in [5, 5.41) is 10.4. The van der Waals surface area contributed by atoms with Crippen LogP contribution in [0.5, 0.6) is 0 Å². The fourth-order valence-corrected chi connectivity index (χ4v) is 2.52. The van der Waals surface area contributed by atoms with E-state index >= 15 is 0 Å². The number of nitrogens with zero attached hydrogens (tertiary/aromatic N) is 2. The summed E-state index contributed by atoms with van der Waals surface area (Å²) >= 11 is 0. The van der Waals surface area contributed by atoms with Crippen molar-refractivity contribution in [2.24, 2.45) is 10.3 Å². The number of hydrogen-bond acceptors (Lipinski definition) is 7. The molecular weight excluding hydrogens is 372 g/mol. The summed E-state index contributed by atoms with van der Waals surface area (Å²) in [5.74, 6) is -0.365. The van der Waals surface area contributed by atoms with Crippen LogP contribution in [0.2, 0.25) is 0 Å².